The molecule has 1 saturated heterocycles. The van der Waals surface area contributed by atoms with E-state index in [-0.39, 0.29) is 18.1 Å². The molecule has 1 aliphatic heterocycles. The Balaban J connectivity index is 1.84. The molecule has 132 valence electrons. The highest BCUT2D eigenvalue weighted by Crippen LogP contribution is 2.29. The number of amides is 1. The molecular weight excluding hydrogens is 359 g/mol. The van der Waals surface area contributed by atoms with E-state index in [1.165, 1.54) is 0 Å². The molecule has 4 nitrogen and oxygen atoms in total. The molecule has 0 aliphatic carbocycles. The molecular formula is C19H20Cl2N2O2. The van der Waals surface area contributed by atoms with Gasteiger partial charge in [-0.2, -0.15) is 0 Å². The molecule has 25 heavy (non-hydrogen) atoms. The van der Waals surface area contributed by atoms with E-state index in [1.54, 1.807) is 12.1 Å². The summed E-state index contributed by atoms with van der Waals surface area (Å²) in [6, 6.07) is 14.8. The zero-order valence-corrected chi connectivity index (χ0v) is 15.1. The summed E-state index contributed by atoms with van der Waals surface area (Å²) < 4.78 is 5.70. The van der Waals surface area contributed by atoms with Gasteiger partial charge in [-0.3, -0.25) is 4.79 Å². The van der Waals surface area contributed by atoms with Crippen molar-refractivity contribution >= 4 is 29.1 Å². The average Bonchev–Trinajstić information content (AvgIpc) is 3.12. The van der Waals surface area contributed by atoms with Crippen LogP contribution in [0.4, 0.5) is 0 Å². The second kappa shape index (κ2) is 8.19. The maximum absolute atomic E-state index is 12.7. The molecule has 2 aromatic carbocycles. The summed E-state index contributed by atoms with van der Waals surface area (Å²) in [6.07, 6.45) is 0.965. The summed E-state index contributed by atoms with van der Waals surface area (Å²) in [5.41, 5.74) is 7.45. The van der Waals surface area contributed by atoms with Crippen LogP contribution in [0.5, 0.6) is 0 Å². The van der Waals surface area contributed by atoms with Crippen molar-refractivity contribution in [3.05, 3.63) is 69.7 Å². The van der Waals surface area contributed by atoms with E-state index >= 15 is 0 Å². The molecule has 3 atom stereocenters. The fraction of sp³-hybridized carbons (Fsp3) is 0.316. The minimum atomic E-state index is -0.470. The van der Waals surface area contributed by atoms with E-state index in [1.807, 2.05) is 36.4 Å². The third-order valence-corrected chi connectivity index (χ3v) is 5.10. The quantitative estimate of drug-likeness (QED) is 0.833. The first-order valence-electron chi connectivity index (χ1n) is 8.24. The highest BCUT2D eigenvalue weighted by Gasteiger charge is 2.31. The highest BCUT2D eigenvalue weighted by molar-refractivity contribution is 6.42. The Kier molecular flexibility index (Phi) is 5.97. The predicted molar refractivity (Wildman–Crippen MR) is 99.8 cm³/mol. The Morgan fingerprint density at radius 2 is 1.88 bits per heavy atom. The molecule has 3 rings (SSSR count). The van der Waals surface area contributed by atoms with Crippen LogP contribution >= 0.6 is 23.2 Å². The van der Waals surface area contributed by atoms with Gasteiger partial charge in [-0.05, 0) is 36.1 Å². The zero-order valence-electron chi connectivity index (χ0n) is 13.6. The van der Waals surface area contributed by atoms with Crippen molar-refractivity contribution in [3.8, 4) is 0 Å². The van der Waals surface area contributed by atoms with Gasteiger partial charge >= 0.3 is 0 Å². The topological polar surface area (TPSA) is 64.4 Å². The smallest absolute Gasteiger partial charge is 0.249 e. The molecule has 0 saturated carbocycles. The minimum absolute atomic E-state index is 0.0455. The number of benzene rings is 2. The van der Waals surface area contributed by atoms with Gasteiger partial charge in [0, 0.05) is 6.54 Å². The maximum atomic E-state index is 12.7. The normalized spacial score (nSPS) is 21.1. The molecule has 6 heteroatoms. The van der Waals surface area contributed by atoms with Crippen molar-refractivity contribution in [1.82, 2.24) is 5.32 Å². The Bertz CT molecular complexity index is 739. The van der Waals surface area contributed by atoms with Crippen molar-refractivity contribution in [3.63, 3.8) is 0 Å². The van der Waals surface area contributed by atoms with Crippen molar-refractivity contribution < 1.29 is 9.53 Å². The van der Waals surface area contributed by atoms with E-state index in [0.29, 0.717) is 23.0 Å². The monoisotopic (exact) mass is 378 g/mol. The summed E-state index contributed by atoms with van der Waals surface area (Å²) in [5.74, 6) is -0.143. The predicted octanol–water partition coefficient (Wildman–Crippen LogP) is 3.71. The molecule has 2 aromatic rings. The largest absolute Gasteiger partial charge is 0.364 e. The molecule has 1 amide bonds. The van der Waals surface area contributed by atoms with E-state index < -0.39 is 6.10 Å². The van der Waals surface area contributed by atoms with E-state index in [9.17, 15) is 4.79 Å². The van der Waals surface area contributed by atoms with E-state index in [2.05, 4.69) is 5.32 Å². The fourth-order valence-electron chi connectivity index (χ4n) is 3.00. The fourth-order valence-corrected chi connectivity index (χ4v) is 3.31. The van der Waals surface area contributed by atoms with Crippen LogP contribution in [0.1, 0.15) is 30.0 Å². The summed E-state index contributed by atoms with van der Waals surface area (Å²) >= 11 is 12.2. The third kappa shape index (κ3) is 4.33. The van der Waals surface area contributed by atoms with E-state index in [4.69, 9.17) is 33.7 Å². The van der Waals surface area contributed by atoms with Gasteiger partial charge in [0.25, 0.3) is 0 Å². The summed E-state index contributed by atoms with van der Waals surface area (Å²) in [4.78, 5) is 12.7. The van der Waals surface area contributed by atoms with Crippen molar-refractivity contribution in [2.45, 2.75) is 31.1 Å². The third-order valence-electron chi connectivity index (χ3n) is 4.36. The highest BCUT2D eigenvalue weighted by atomic mass is 35.5. The van der Waals surface area contributed by atoms with Crippen LogP contribution in [0.25, 0.3) is 0 Å². The van der Waals surface area contributed by atoms with Gasteiger partial charge < -0.3 is 15.8 Å². The Hall–Kier alpha value is -1.59. The lowest BCUT2D eigenvalue weighted by Gasteiger charge is -2.22. The van der Waals surface area contributed by atoms with Crippen LogP contribution in [0.15, 0.2) is 48.5 Å². The van der Waals surface area contributed by atoms with Crippen molar-refractivity contribution in [1.29, 1.82) is 0 Å². The van der Waals surface area contributed by atoms with Gasteiger partial charge in [-0.1, -0.05) is 59.6 Å². The van der Waals surface area contributed by atoms with Crippen LogP contribution in [0.3, 0.4) is 0 Å². The Morgan fingerprint density at radius 3 is 2.52 bits per heavy atom. The molecule has 1 heterocycles. The standard InChI is InChI=1S/C19H20Cl2N2O2/c20-15-8-6-13(10-16(15)21)18(12-4-2-1-3-5-12)23-19(24)17-9-7-14(11-22)25-17/h1-6,8,10,14,17-18H,7,9,11,22H2,(H,23,24)/t14-,17+,18?/m1/s1. The lowest BCUT2D eigenvalue weighted by Crippen LogP contribution is -2.38. The van der Waals surface area contributed by atoms with Gasteiger partial charge in [0.15, 0.2) is 0 Å². The SMILES string of the molecule is NC[C@H]1CC[C@@H](C(=O)NC(c2ccccc2)c2ccc(Cl)c(Cl)c2)O1. The molecule has 3 N–H and O–H groups in total. The number of carbonyl (C=O) groups is 1. The molecule has 1 unspecified atom stereocenters. The van der Waals surface area contributed by atoms with Crippen LogP contribution in [0, 0.1) is 0 Å². The number of rotatable bonds is 5. The number of ether oxygens (including phenoxy) is 1. The number of nitrogens with one attached hydrogen (secondary N) is 1. The first-order chi connectivity index (χ1) is 12.1. The second-order valence-electron chi connectivity index (χ2n) is 6.09. The summed E-state index contributed by atoms with van der Waals surface area (Å²) in [6.45, 7) is 0.429. The van der Waals surface area contributed by atoms with Gasteiger partial charge in [-0.25, -0.2) is 0 Å². The summed E-state index contributed by atoms with van der Waals surface area (Å²) in [7, 11) is 0. The van der Waals surface area contributed by atoms with Crippen LogP contribution in [-0.2, 0) is 9.53 Å². The van der Waals surface area contributed by atoms with Gasteiger partial charge in [0.05, 0.1) is 22.2 Å². The maximum Gasteiger partial charge on any atom is 0.249 e. The Morgan fingerprint density at radius 1 is 1.12 bits per heavy atom. The zero-order chi connectivity index (χ0) is 17.8. The number of hydrogen-bond acceptors (Lipinski definition) is 3. The average molecular weight is 379 g/mol. The first-order valence-corrected chi connectivity index (χ1v) is 9.00. The molecule has 1 aliphatic rings. The number of halogens is 2. The van der Waals surface area contributed by atoms with E-state index in [0.717, 1.165) is 17.5 Å². The molecule has 0 aromatic heterocycles. The number of hydrogen-bond donors (Lipinski definition) is 2. The molecule has 0 radical (unpaired) electrons. The summed E-state index contributed by atoms with van der Waals surface area (Å²) in [5, 5.41) is 4.01. The van der Waals surface area contributed by atoms with Crippen LogP contribution in [0.2, 0.25) is 10.0 Å². The minimum Gasteiger partial charge on any atom is -0.364 e. The van der Waals surface area contributed by atoms with Gasteiger partial charge in [0.1, 0.15) is 6.10 Å². The number of nitrogens with two attached hydrogens (primary N) is 1. The van der Waals surface area contributed by atoms with Crippen LogP contribution < -0.4 is 11.1 Å². The van der Waals surface area contributed by atoms with Crippen molar-refractivity contribution in [2.24, 2.45) is 5.73 Å². The molecule has 0 spiro atoms. The van der Waals surface area contributed by atoms with Crippen LogP contribution in [-0.4, -0.2) is 24.7 Å². The second-order valence-corrected chi connectivity index (χ2v) is 6.90. The van der Waals surface area contributed by atoms with Crippen molar-refractivity contribution in [2.75, 3.05) is 6.54 Å². The lowest BCUT2D eigenvalue weighted by atomic mass is 9.98. The Labute approximate surface area is 157 Å². The first kappa shape index (κ1) is 18.2. The molecule has 0 bridgehead atoms. The molecule has 1 fully saturated rings. The number of carbonyl (C=O) groups excluding carboxylic acids is 1. The lowest BCUT2D eigenvalue weighted by molar-refractivity contribution is -0.132. The van der Waals surface area contributed by atoms with Gasteiger partial charge in [-0.15, -0.1) is 0 Å². The van der Waals surface area contributed by atoms with Gasteiger partial charge in [0.2, 0.25) is 5.91 Å².